The highest BCUT2D eigenvalue weighted by molar-refractivity contribution is 6.31. The normalized spacial score (nSPS) is 19.6. The first kappa shape index (κ1) is 14.8. The minimum atomic E-state index is -0.0674. The van der Waals surface area contributed by atoms with E-state index < -0.39 is 0 Å². The van der Waals surface area contributed by atoms with Crippen LogP contribution in [0.1, 0.15) is 49.8 Å². The average Bonchev–Trinajstić information content (AvgIpc) is 2.84. The molecule has 1 aliphatic carbocycles. The molecule has 0 aliphatic heterocycles. The Kier molecular flexibility index (Phi) is 4.88. The van der Waals surface area contributed by atoms with Crippen LogP contribution in [0.25, 0.3) is 0 Å². The van der Waals surface area contributed by atoms with Crippen molar-refractivity contribution in [2.24, 2.45) is 0 Å². The first-order valence-corrected chi connectivity index (χ1v) is 7.58. The number of hydrogen-bond acceptors (Lipinski definition) is 2. The second kappa shape index (κ2) is 6.25. The molecule has 1 N–H and O–H groups in total. The smallest absolute Gasteiger partial charge is 0.0876 e. The van der Waals surface area contributed by atoms with Gasteiger partial charge >= 0.3 is 0 Å². The van der Waals surface area contributed by atoms with Crippen LogP contribution in [0.4, 0.5) is 0 Å². The Morgan fingerprint density at radius 1 is 1.37 bits per heavy atom. The van der Waals surface area contributed by atoms with Crippen molar-refractivity contribution in [3.63, 3.8) is 0 Å². The lowest BCUT2D eigenvalue weighted by molar-refractivity contribution is -0.0610. The van der Waals surface area contributed by atoms with E-state index in [2.05, 4.69) is 30.4 Å². The van der Waals surface area contributed by atoms with Gasteiger partial charge in [0.05, 0.1) is 11.6 Å². The molecule has 1 unspecified atom stereocenters. The quantitative estimate of drug-likeness (QED) is 0.871. The number of hydrogen-bond donors (Lipinski definition) is 1. The molecule has 0 radical (unpaired) electrons. The zero-order chi connectivity index (χ0) is 13.9. The second-order valence-electron chi connectivity index (χ2n) is 5.44. The summed E-state index contributed by atoms with van der Waals surface area (Å²) in [5.74, 6) is 0. The average molecular weight is 282 g/mol. The van der Waals surface area contributed by atoms with Gasteiger partial charge in [-0.25, -0.2) is 0 Å². The lowest BCUT2D eigenvalue weighted by Crippen LogP contribution is -2.43. The van der Waals surface area contributed by atoms with Gasteiger partial charge in [-0.3, -0.25) is 0 Å². The predicted octanol–water partition coefficient (Wildman–Crippen LogP) is 4.26. The molecule has 19 heavy (non-hydrogen) atoms. The summed E-state index contributed by atoms with van der Waals surface area (Å²) in [6.07, 6.45) is 4.74. The number of nitrogens with one attached hydrogen (secondary N) is 1. The molecule has 106 valence electrons. The molecular formula is C16H24ClNO. The highest BCUT2D eigenvalue weighted by Gasteiger charge is 2.42. The number of ether oxygens (including phenoxy) is 1. The van der Waals surface area contributed by atoms with Crippen molar-refractivity contribution in [2.75, 3.05) is 13.7 Å². The maximum absolute atomic E-state index is 6.28. The molecule has 2 rings (SSSR count). The monoisotopic (exact) mass is 281 g/mol. The van der Waals surface area contributed by atoms with E-state index in [0.717, 1.165) is 30.0 Å². The van der Waals surface area contributed by atoms with Crippen LogP contribution >= 0.6 is 11.6 Å². The summed E-state index contributed by atoms with van der Waals surface area (Å²) in [7, 11) is 2.01. The largest absolute Gasteiger partial charge is 0.373 e. The molecule has 0 aromatic heterocycles. The van der Waals surface area contributed by atoms with Crippen LogP contribution in [0.15, 0.2) is 18.2 Å². The second-order valence-corrected chi connectivity index (χ2v) is 5.84. The number of likely N-dealkylation sites (N-methyl/N-ethyl adjacent to an activating group) is 1. The molecule has 1 aromatic carbocycles. The fourth-order valence-corrected chi connectivity index (χ4v) is 3.49. The molecule has 1 aliphatic rings. The summed E-state index contributed by atoms with van der Waals surface area (Å²) in [5.41, 5.74) is 2.29. The van der Waals surface area contributed by atoms with Crippen molar-refractivity contribution in [3.05, 3.63) is 34.3 Å². The Labute approximate surface area is 121 Å². The van der Waals surface area contributed by atoms with Crippen LogP contribution < -0.4 is 5.32 Å². The van der Waals surface area contributed by atoms with E-state index in [1.165, 1.54) is 18.4 Å². The van der Waals surface area contributed by atoms with Crippen molar-refractivity contribution >= 4 is 11.6 Å². The van der Waals surface area contributed by atoms with Gasteiger partial charge in [0.25, 0.3) is 0 Å². The lowest BCUT2D eigenvalue weighted by atomic mass is 9.86. The van der Waals surface area contributed by atoms with Gasteiger partial charge in [0.1, 0.15) is 0 Å². The maximum atomic E-state index is 6.28. The Hall–Kier alpha value is -0.570. The molecular weight excluding hydrogens is 258 g/mol. The van der Waals surface area contributed by atoms with E-state index in [1.54, 1.807) is 0 Å². The molecule has 0 saturated heterocycles. The van der Waals surface area contributed by atoms with Crippen LogP contribution in [-0.4, -0.2) is 19.3 Å². The van der Waals surface area contributed by atoms with E-state index >= 15 is 0 Å². The van der Waals surface area contributed by atoms with Crippen LogP contribution in [0.3, 0.4) is 0 Å². The third kappa shape index (κ3) is 2.96. The maximum Gasteiger partial charge on any atom is 0.0876 e. The molecule has 1 aromatic rings. The summed E-state index contributed by atoms with van der Waals surface area (Å²) in [5, 5.41) is 4.28. The van der Waals surface area contributed by atoms with Gasteiger partial charge in [0.2, 0.25) is 0 Å². The molecule has 2 nitrogen and oxygen atoms in total. The minimum Gasteiger partial charge on any atom is -0.373 e. The zero-order valence-electron chi connectivity index (χ0n) is 12.1. The van der Waals surface area contributed by atoms with Gasteiger partial charge in [-0.2, -0.15) is 0 Å². The Balaban J connectivity index is 2.33. The van der Waals surface area contributed by atoms with E-state index in [9.17, 15) is 0 Å². The summed E-state index contributed by atoms with van der Waals surface area (Å²) >= 11 is 6.28. The van der Waals surface area contributed by atoms with E-state index in [-0.39, 0.29) is 11.6 Å². The van der Waals surface area contributed by atoms with Crippen LogP contribution in [-0.2, 0) is 4.74 Å². The van der Waals surface area contributed by atoms with Crippen molar-refractivity contribution in [2.45, 2.75) is 51.2 Å². The van der Waals surface area contributed by atoms with E-state index in [1.807, 2.05) is 14.0 Å². The zero-order valence-corrected chi connectivity index (χ0v) is 12.9. The van der Waals surface area contributed by atoms with Crippen molar-refractivity contribution < 1.29 is 4.74 Å². The Morgan fingerprint density at radius 3 is 2.58 bits per heavy atom. The number of benzene rings is 1. The fraction of sp³-hybridized carbons (Fsp3) is 0.625. The molecule has 0 amide bonds. The highest BCUT2D eigenvalue weighted by Crippen LogP contribution is 2.43. The Bertz CT molecular complexity index is 427. The molecule has 1 atom stereocenters. The number of halogens is 1. The molecule has 0 spiro atoms. The van der Waals surface area contributed by atoms with Crippen molar-refractivity contribution in [1.82, 2.24) is 5.32 Å². The third-order valence-electron chi connectivity index (χ3n) is 4.23. The van der Waals surface area contributed by atoms with Gasteiger partial charge in [0, 0.05) is 11.6 Å². The van der Waals surface area contributed by atoms with Gasteiger partial charge in [-0.1, -0.05) is 36.6 Å². The van der Waals surface area contributed by atoms with Gasteiger partial charge in [0.15, 0.2) is 0 Å². The molecule has 0 bridgehead atoms. The highest BCUT2D eigenvalue weighted by atomic mass is 35.5. The molecule has 0 heterocycles. The minimum absolute atomic E-state index is 0.0674. The summed E-state index contributed by atoms with van der Waals surface area (Å²) in [4.78, 5) is 0. The predicted molar refractivity (Wildman–Crippen MR) is 80.8 cm³/mol. The van der Waals surface area contributed by atoms with E-state index in [0.29, 0.717) is 0 Å². The number of aryl methyl sites for hydroxylation is 1. The van der Waals surface area contributed by atoms with Crippen LogP contribution in [0.2, 0.25) is 5.02 Å². The van der Waals surface area contributed by atoms with Crippen molar-refractivity contribution in [3.8, 4) is 0 Å². The van der Waals surface area contributed by atoms with Crippen LogP contribution in [0.5, 0.6) is 0 Å². The first-order valence-electron chi connectivity index (χ1n) is 7.20. The molecule has 1 fully saturated rings. The molecule has 3 heteroatoms. The van der Waals surface area contributed by atoms with Gasteiger partial charge < -0.3 is 10.1 Å². The third-order valence-corrected chi connectivity index (χ3v) is 4.63. The summed E-state index contributed by atoms with van der Waals surface area (Å²) in [6.45, 7) is 4.88. The SMILES string of the molecule is CCOC1(C(NC)c2ccc(C)c(Cl)c2)CCCC1. The number of rotatable bonds is 5. The summed E-state index contributed by atoms with van der Waals surface area (Å²) < 4.78 is 6.16. The van der Waals surface area contributed by atoms with E-state index in [4.69, 9.17) is 16.3 Å². The standard InChI is InChI=1S/C16H24ClNO/c1-4-19-16(9-5-6-10-16)15(18-3)13-8-7-12(2)14(17)11-13/h7-8,11,15,18H,4-6,9-10H2,1-3H3. The van der Waals surface area contributed by atoms with Gasteiger partial charge in [-0.05, 0) is 50.9 Å². The van der Waals surface area contributed by atoms with Crippen LogP contribution in [0, 0.1) is 6.92 Å². The fourth-order valence-electron chi connectivity index (χ4n) is 3.30. The first-order chi connectivity index (χ1) is 9.13. The molecule has 1 saturated carbocycles. The topological polar surface area (TPSA) is 21.3 Å². The van der Waals surface area contributed by atoms with Gasteiger partial charge in [-0.15, -0.1) is 0 Å². The summed E-state index contributed by atoms with van der Waals surface area (Å²) in [6, 6.07) is 6.56. The van der Waals surface area contributed by atoms with Crippen molar-refractivity contribution in [1.29, 1.82) is 0 Å². The lowest BCUT2D eigenvalue weighted by Gasteiger charge is -2.37. The Morgan fingerprint density at radius 2 is 2.05 bits per heavy atom.